The zero-order valence-corrected chi connectivity index (χ0v) is 12.4. The number of benzene rings is 1. The first-order chi connectivity index (χ1) is 10.1. The predicted molar refractivity (Wildman–Crippen MR) is 77.2 cm³/mol. The van der Waals surface area contributed by atoms with Crippen LogP contribution in [0.1, 0.15) is 35.6 Å². The zero-order chi connectivity index (χ0) is 15.4. The summed E-state index contributed by atoms with van der Waals surface area (Å²) < 4.78 is 6.39. The van der Waals surface area contributed by atoms with Gasteiger partial charge in [0.15, 0.2) is 0 Å². The molecule has 0 unspecified atom stereocenters. The molecule has 0 fully saturated rings. The molecule has 0 aliphatic carbocycles. The highest BCUT2D eigenvalue weighted by atomic mass is 16.5. The summed E-state index contributed by atoms with van der Waals surface area (Å²) in [6, 6.07) is 6.99. The number of ether oxygens (including phenoxy) is 1. The minimum absolute atomic E-state index is 0.154. The highest BCUT2D eigenvalue weighted by Crippen LogP contribution is 2.18. The third-order valence-electron chi connectivity index (χ3n) is 3.11. The zero-order valence-electron chi connectivity index (χ0n) is 12.4. The molecule has 0 bridgehead atoms. The van der Waals surface area contributed by atoms with Gasteiger partial charge in [0.1, 0.15) is 5.69 Å². The molecule has 21 heavy (non-hydrogen) atoms. The van der Waals surface area contributed by atoms with Crippen molar-refractivity contribution < 1.29 is 14.6 Å². The molecular weight excluding hydrogens is 270 g/mol. The number of rotatable bonds is 5. The summed E-state index contributed by atoms with van der Waals surface area (Å²) in [4.78, 5) is 11.6. The van der Waals surface area contributed by atoms with Gasteiger partial charge in [0.2, 0.25) is 0 Å². The van der Waals surface area contributed by atoms with Crippen molar-refractivity contribution in [1.82, 2.24) is 15.0 Å². The lowest BCUT2D eigenvalue weighted by molar-refractivity contribution is 0.0600. The van der Waals surface area contributed by atoms with Crippen molar-refractivity contribution in [3.05, 3.63) is 41.2 Å². The molecule has 1 aromatic heterocycles. The van der Waals surface area contributed by atoms with Crippen LogP contribution >= 0.6 is 0 Å². The third-order valence-corrected chi connectivity index (χ3v) is 3.11. The van der Waals surface area contributed by atoms with Crippen LogP contribution < -0.4 is 0 Å². The van der Waals surface area contributed by atoms with E-state index >= 15 is 0 Å². The highest BCUT2D eigenvalue weighted by molar-refractivity contribution is 5.89. The number of hydrogen-bond donors (Lipinski definition) is 1. The Labute approximate surface area is 123 Å². The number of aliphatic hydroxyl groups is 1. The van der Waals surface area contributed by atoms with Crippen molar-refractivity contribution in [3.8, 4) is 5.69 Å². The Morgan fingerprint density at radius 3 is 2.81 bits per heavy atom. The third kappa shape index (κ3) is 3.28. The van der Waals surface area contributed by atoms with Crippen molar-refractivity contribution in [3.63, 3.8) is 0 Å². The number of methoxy groups -OCH3 is 1. The lowest BCUT2D eigenvalue weighted by Crippen LogP contribution is -2.09. The van der Waals surface area contributed by atoms with Gasteiger partial charge in [0.05, 0.1) is 30.7 Å². The van der Waals surface area contributed by atoms with Gasteiger partial charge in [-0.3, -0.25) is 0 Å². The molecule has 0 saturated heterocycles. The number of carbonyl (C=O) groups excluding carboxylic acids is 1. The topological polar surface area (TPSA) is 77.2 Å². The normalized spacial score (nSPS) is 10.9. The van der Waals surface area contributed by atoms with Crippen LogP contribution in [0.2, 0.25) is 0 Å². The Hall–Kier alpha value is -2.21. The smallest absolute Gasteiger partial charge is 0.337 e. The summed E-state index contributed by atoms with van der Waals surface area (Å²) in [5.41, 5.74) is 2.59. The second kappa shape index (κ2) is 6.49. The van der Waals surface area contributed by atoms with Gasteiger partial charge in [0, 0.05) is 0 Å². The van der Waals surface area contributed by atoms with Crippen LogP contribution in [0.4, 0.5) is 0 Å². The number of nitrogens with zero attached hydrogens (tertiary/aromatic N) is 3. The van der Waals surface area contributed by atoms with Gasteiger partial charge in [-0.25, -0.2) is 9.48 Å². The van der Waals surface area contributed by atoms with Crippen LogP contribution in [0.25, 0.3) is 5.69 Å². The molecule has 6 heteroatoms. The van der Waals surface area contributed by atoms with Gasteiger partial charge >= 0.3 is 5.97 Å². The Kier molecular flexibility index (Phi) is 4.70. The Morgan fingerprint density at radius 2 is 2.19 bits per heavy atom. The minimum Gasteiger partial charge on any atom is -0.465 e. The number of carbonyl (C=O) groups is 1. The van der Waals surface area contributed by atoms with Crippen molar-refractivity contribution in [2.45, 2.75) is 26.9 Å². The maximum Gasteiger partial charge on any atom is 0.337 e. The molecule has 0 saturated carbocycles. The maximum absolute atomic E-state index is 11.6. The Balaban J connectivity index is 2.46. The number of hydrogen-bond acceptors (Lipinski definition) is 5. The SMILES string of the molecule is COC(=O)c1cccc(-n2nnc(CO)c2CC(C)C)c1. The van der Waals surface area contributed by atoms with Gasteiger partial charge in [-0.05, 0) is 30.5 Å². The lowest BCUT2D eigenvalue weighted by atomic mass is 10.1. The molecule has 2 aromatic rings. The van der Waals surface area contributed by atoms with E-state index in [9.17, 15) is 9.90 Å². The molecule has 0 spiro atoms. The molecule has 1 aromatic carbocycles. The van der Waals surface area contributed by atoms with E-state index in [-0.39, 0.29) is 6.61 Å². The molecule has 0 radical (unpaired) electrons. The van der Waals surface area contributed by atoms with Gasteiger partial charge < -0.3 is 9.84 Å². The van der Waals surface area contributed by atoms with Crippen LogP contribution in [0.5, 0.6) is 0 Å². The fourth-order valence-electron chi connectivity index (χ4n) is 2.14. The number of esters is 1. The van der Waals surface area contributed by atoms with Crippen LogP contribution in [-0.4, -0.2) is 33.2 Å². The van der Waals surface area contributed by atoms with Crippen molar-refractivity contribution >= 4 is 5.97 Å². The Morgan fingerprint density at radius 1 is 1.43 bits per heavy atom. The maximum atomic E-state index is 11.6. The summed E-state index contributed by atoms with van der Waals surface area (Å²) in [5, 5.41) is 17.5. The Bertz CT molecular complexity index is 635. The molecule has 0 amide bonds. The first-order valence-electron chi connectivity index (χ1n) is 6.79. The molecule has 0 aliphatic heterocycles. The summed E-state index contributed by atoms with van der Waals surface area (Å²) in [6.07, 6.45) is 0.741. The second-order valence-electron chi connectivity index (χ2n) is 5.19. The van der Waals surface area contributed by atoms with Gasteiger partial charge in [0.25, 0.3) is 0 Å². The summed E-state index contributed by atoms with van der Waals surface area (Å²) >= 11 is 0. The largest absolute Gasteiger partial charge is 0.465 e. The predicted octanol–water partition coefficient (Wildman–Crippen LogP) is 1.74. The highest BCUT2D eigenvalue weighted by Gasteiger charge is 2.16. The van der Waals surface area contributed by atoms with E-state index < -0.39 is 5.97 Å². The fraction of sp³-hybridized carbons (Fsp3) is 0.400. The minimum atomic E-state index is -0.398. The summed E-state index contributed by atoms with van der Waals surface area (Å²) in [7, 11) is 1.35. The van der Waals surface area contributed by atoms with E-state index in [1.54, 1.807) is 22.9 Å². The monoisotopic (exact) mass is 289 g/mol. The number of aromatic nitrogens is 3. The van der Waals surface area contributed by atoms with E-state index in [2.05, 4.69) is 24.2 Å². The second-order valence-corrected chi connectivity index (χ2v) is 5.19. The van der Waals surface area contributed by atoms with Gasteiger partial charge in [-0.1, -0.05) is 25.1 Å². The van der Waals surface area contributed by atoms with Crippen LogP contribution in [0.3, 0.4) is 0 Å². The summed E-state index contributed by atoms with van der Waals surface area (Å²) in [5.74, 6) is 0.00102. The van der Waals surface area contributed by atoms with E-state index in [4.69, 9.17) is 4.74 Å². The van der Waals surface area contributed by atoms with E-state index in [0.717, 1.165) is 17.8 Å². The average Bonchev–Trinajstić information content (AvgIpc) is 2.88. The molecule has 1 N–H and O–H groups in total. The van der Waals surface area contributed by atoms with Crippen molar-refractivity contribution in [1.29, 1.82) is 0 Å². The van der Waals surface area contributed by atoms with E-state index in [1.807, 2.05) is 6.07 Å². The van der Waals surface area contributed by atoms with E-state index in [0.29, 0.717) is 17.2 Å². The first-order valence-corrected chi connectivity index (χ1v) is 6.79. The molecule has 6 nitrogen and oxygen atoms in total. The van der Waals surface area contributed by atoms with Crippen molar-refractivity contribution in [2.24, 2.45) is 5.92 Å². The van der Waals surface area contributed by atoms with Gasteiger partial charge in [-0.2, -0.15) is 0 Å². The molecule has 1 heterocycles. The fourth-order valence-corrected chi connectivity index (χ4v) is 2.14. The molecule has 0 aliphatic rings. The summed E-state index contributed by atoms with van der Waals surface area (Å²) in [6.45, 7) is 4.02. The quantitative estimate of drug-likeness (QED) is 0.848. The van der Waals surface area contributed by atoms with E-state index in [1.165, 1.54) is 7.11 Å². The lowest BCUT2D eigenvalue weighted by Gasteiger charge is -2.10. The van der Waals surface area contributed by atoms with Crippen LogP contribution in [0, 0.1) is 5.92 Å². The standard InChI is InChI=1S/C15H19N3O3/c1-10(2)7-14-13(9-19)16-17-18(14)12-6-4-5-11(8-12)15(20)21-3/h4-6,8,10,19H,7,9H2,1-3H3. The first kappa shape index (κ1) is 15.2. The van der Waals surface area contributed by atoms with Crippen LogP contribution in [-0.2, 0) is 17.8 Å². The molecule has 112 valence electrons. The average molecular weight is 289 g/mol. The molecule has 0 atom stereocenters. The number of aliphatic hydroxyl groups excluding tert-OH is 1. The van der Waals surface area contributed by atoms with Crippen LogP contribution in [0.15, 0.2) is 24.3 Å². The van der Waals surface area contributed by atoms with Crippen molar-refractivity contribution in [2.75, 3.05) is 7.11 Å². The molecular formula is C15H19N3O3. The molecule has 2 rings (SSSR count). The van der Waals surface area contributed by atoms with Gasteiger partial charge in [-0.15, -0.1) is 5.10 Å².